The van der Waals surface area contributed by atoms with Gasteiger partial charge in [-0.25, -0.2) is 0 Å². The standard InChI is InChI=1S/C6H9.Li/c1-3-5-6-4-2;/h3,5-6H,1-2,4H2;. The summed E-state index contributed by atoms with van der Waals surface area (Å²) >= 11 is 2.16. The Hall–Kier alpha value is 0.0774. The van der Waals surface area contributed by atoms with Crippen LogP contribution < -0.4 is 0 Å². The predicted octanol–water partition coefficient (Wildman–Crippen LogP) is 1.71. The quantitative estimate of drug-likeness (QED) is 0.364. The van der Waals surface area contributed by atoms with Gasteiger partial charge >= 0.3 is 54.0 Å². The number of allylic oxidation sites excluding steroid dienone is 3. The van der Waals surface area contributed by atoms with E-state index in [1.54, 1.807) is 6.08 Å². The van der Waals surface area contributed by atoms with Crippen molar-refractivity contribution in [2.45, 2.75) is 11.5 Å². The Kier molecular flexibility index (Phi) is 6.14. The Bertz CT molecular complexity index is 64.6. The van der Waals surface area contributed by atoms with E-state index >= 15 is 0 Å². The molecule has 0 radical (unpaired) electrons. The topological polar surface area (TPSA) is 0 Å². The van der Waals surface area contributed by atoms with E-state index < -0.39 is 0 Å². The van der Waals surface area contributed by atoms with Crippen LogP contribution in [-0.2, 0) is 0 Å². The van der Waals surface area contributed by atoms with Gasteiger partial charge in [-0.05, 0) is 0 Å². The Morgan fingerprint density at radius 1 is 1.57 bits per heavy atom. The van der Waals surface area contributed by atoms with Crippen LogP contribution in [0.1, 0.15) is 6.42 Å². The van der Waals surface area contributed by atoms with Gasteiger partial charge in [0.1, 0.15) is 0 Å². The van der Waals surface area contributed by atoms with Gasteiger partial charge in [0.2, 0.25) is 0 Å². The van der Waals surface area contributed by atoms with E-state index in [2.05, 4.69) is 30.4 Å². The second-order valence-electron chi connectivity index (χ2n) is 1.45. The summed E-state index contributed by atoms with van der Waals surface area (Å²) in [4.78, 5) is 0. The molecule has 0 aliphatic heterocycles. The van der Waals surface area contributed by atoms with E-state index in [1.807, 2.05) is 6.08 Å². The number of hydrogen-bond donors (Lipinski definition) is 0. The van der Waals surface area contributed by atoms with Gasteiger partial charge in [-0.1, -0.05) is 0 Å². The molecule has 0 heterocycles. The fourth-order valence-corrected chi connectivity index (χ4v) is 0.359. The third-order valence-corrected chi connectivity index (χ3v) is 0.728. The second-order valence-corrected chi connectivity index (χ2v) is 1.45. The molecule has 0 N–H and O–H groups in total. The first-order valence-corrected chi connectivity index (χ1v) is 2.69. The minimum atomic E-state index is 1.17. The third-order valence-electron chi connectivity index (χ3n) is 0.728. The minimum absolute atomic E-state index is 1.17. The zero-order chi connectivity index (χ0) is 5.54. The molecule has 0 nitrogen and oxygen atoms in total. The first-order valence-electron chi connectivity index (χ1n) is 2.69. The molecule has 0 aromatic carbocycles. The van der Waals surface area contributed by atoms with Gasteiger partial charge in [0.05, 0.1) is 0 Å². The van der Waals surface area contributed by atoms with E-state index in [-0.39, 0.29) is 0 Å². The van der Waals surface area contributed by atoms with Crippen molar-refractivity contribution in [1.82, 2.24) is 0 Å². The summed E-state index contributed by atoms with van der Waals surface area (Å²) in [7, 11) is 0. The molecule has 1 heteroatoms. The monoisotopic (exact) mass is 88.1 g/mol. The van der Waals surface area contributed by atoms with Crippen LogP contribution in [0.4, 0.5) is 0 Å². The van der Waals surface area contributed by atoms with Crippen LogP contribution in [0, 0.1) is 0 Å². The molecule has 7 heavy (non-hydrogen) atoms. The molecule has 0 bridgehead atoms. The van der Waals surface area contributed by atoms with Crippen molar-refractivity contribution in [3.05, 3.63) is 24.8 Å². The Morgan fingerprint density at radius 3 is 2.71 bits per heavy atom. The molecule has 0 aromatic rings. The Balaban J connectivity index is 2.92. The van der Waals surface area contributed by atoms with Crippen molar-refractivity contribution < 1.29 is 0 Å². The van der Waals surface area contributed by atoms with Crippen LogP contribution in [0.25, 0.3) is 0 Å². The molecule has 0 unspecified atom stereocenters. The SMILES string of the molecule is [Li][CH2]CC=CC=C. The van der Waals surface area contributed by atoms with Gasteiger partial charge < -0.3 is 0 Å². The van der Waals surface area contributed by atoms with E-state index in [1.165, 1.54) is 11.5 Å². The Labute approximate surface area is 54.5 Å². The number of hydrogen-bond acceptors (Lipinski definition) is 0. The van der Waals surface area contributed by atoms with Gasteiger partial charge in [0, 0.05) is 0 Å². The number of rotatable bonds is 3. The summed E-state index contributed by atoms with van der Waals surface area (Å²) < 4.78 is 0. The molecule has 34 valence electrons. The maximum atomic E-state index is 3.55. The van der Waals surface area contributed by atoms with Crippen molar-refractivity contribution in [2.24, 2.45) is 0 Å². The molecular formula is C6H9Li. The molecular weight excluding hydrogens is 79.0 g/mol. The van der Waals surface area contributed by atoms with Crippen molar-refractivity contribution in [3.63, 3.8) is 0 Å². The van der Waals surface area contributed by atoms with Gasteiger partial charge in [0.25, 0.3) is 0 Å². The van der Waals surface area contributed by atoms with Crippen molar-refractivity contribution >= 4 is 17.7 Å². The molecule has 0 spiro atoms. The van der Waals surface area contributed by atoms with E-state index in [4.69, 9.17) is 0 Å². The van der Waals surface area contributed by atoms with Gasteiger partial charge in [-0.15, -0.1) is 0 Å². The summed E-state index contributed by atoms with van der Waals surface area (Å²) in [5, 5.41) is 1.23. The first-order chi connectivity index (χ1) is 3.41. The van der Waals surface area contributed by atoms with Crippen LogP contribution in [-0.4, -0.2) is 17.7 Å². The molecule has 0 rings (SSSR count). The molecule has 0 aromatic heterocycles. The van der Waals surface area contributed by atoms with Crippen LogP contribution >= 0.6 is 0 Å². The summed E-state index contributed by atoms with van der Waals surface area (Å²) in [5.74, 6) is 0. The van der Waals surface area contributed by atoms with Crippen LogP contribution in [0.5, 0.6) is 0 Å². The second kappa shape index (κ2) is 6.08. The molecule has 0 fully saturated rings. The summed E-state index contributed by atoms with van der Waals surface area (Å²) in [6.45, 7) is 3.55. The first kappa shape index (κ1) is 7.08. The molecule has 0 aliphatic carbocycles. The zero-order valence-corrected chi connectivity index (χ0v) is 4.85. The van der Waals surface area contributed by atoms with Gasteiger partial charge in [-0.3, -0.25) is 0 Å². The molecule has 0 saturated heterocycles. The van der Waals surface area contributed by atoms with Crippen molar-refractivity contribution in [2.75, 3.05) is 0 Å². The van der Waals surface area contributed by atoms with Crippen LogP contribution in [0.3, 0.4) is 0 Å². The maximum absolute atomic E-state index is 3.55. The normalized spacial score (nSPS) is 10.0. The molecule has 0 aliphatic rings. The van der Waals surface area contributed by atoms with Gasteiger partial charge in [-0.2, -0.15) is 0 Å². The summed E-state index contributed by atoms with van der Waals surface area (Å²) in [5.41, 5.74) is 0. The fourth-order valence-electron chi connectivity index (χ4n) is 0.359. The average molecular weight is 88.1 g/mol. The fraction of sp³-hybridized carbons (Fsp3) is 0.333. The molecule has 0 saturated carbocycles. The van der Waals surface area contributed by atoms with Crippen LogP contribution in [0.15, 0.2) is 24.8 Å². The molecule has 0 atom stereocenters. The van der Waals surface area contributed by atoms with E-state index in [0.29, 0.717) is 0 Å². The van der Waals surface area contributed by atoms with E-state index in [0.717, 1.165) is 0 Å². The Morgan fingerprint density at radius 2 is 2.29 bits per heavy atom. The zero-order valence-electron chi connectivity index (χ0n) is 4.85. The third kappa shape index (κ3) is 6.08. The van der Waals surface area contributed by atoms with Gasteiger partial charge in [0.15, 0.2) is 0 Å². The summed E-state index contributed by atoms with van der Waals surface area (Å²) in [6.07, 6.45) is 7.07. The predicted molar refractivity (Wildman–Crippen MR) is 34.5 cm³/mol. The van der Waals surface area contributed by atoms with Crippen LogP contribution in [0.2, 0.25) is 5.09 Å². The molecule has 0 amide bonds. The van der Waals surface area contributed by atoms with E-state index in [9.17, 15) is 0 Å². The summed E-state index contributed by atoms with van der Waals surface area (Å²) in [6, 6.07) is 0. The van der Waals surface area contributed by atoms with Crippen molar-refractivity contribution in [3.8, 4) is 0 Å². The average Bonchev–Trinajstić information content (AvgIpc) is 1.69. The van der Waals surface area contributed by atoms with Crippen molar-refractivity contribution in [1.29, 1.82) is 0 Å².